The number of halogens is 1. The fraction of sp³-hybridized carbons (Fsp3) is 0.448. The van der Waals surface area contributed by atoms with Crippen LogP contribution in [0.3, 0.4) is 0 Å². The predicted octanol–water partition coefficient (Wildman–Crippen LogP) is 4.17. The van der Waals surface area contributed by atoms with Crippen molar-refractivity contribution in [3.63, 3.8) is 0 Å². The van der Waals surface area contributed by atoms with Gasteiger partial charge in [-0.3, -0.25) is 9.59 Å². The SMILES string of the molecule is COC(=O)c1ccc(NC(=O)CCCC(=O)O[C@H]2C=I[C@@]34CCN(C)Cc5ccc(OC)c(c53)O[C@H]4C2)cc1. The second-order valence-corrected chi connectivity index (χ2v) is 13.3. The number of amides is 1. The zero-order valence-electron chi connectivity index (χ0n) is 22.3. The molecule has 0 unspecified atom stereocenters. The molecule has 0 aliphatic carbocycles. The summed E-state index contributed by atoms with van der Waals surface area (Å²) in [5.41, 5.74) is 3.58. The summed E-state index contributed by atoms with van der Waals surface area (Å²) in [6, 6.07) is 10.6. The summed E-state index contributed by atoms with van der Waals surface area (Å²) >= 11 is -0.461. The van der Waals surface area contributed by atoms with Gasteiger partial charge >= 0.3 is 11.9 Å². The van der Waals surface area contributed by atoms with Gasteiger partial charge in [-0.1, -0.05) is 6.07 Å². The van der Waals surface area contributed by atoms with Crippen LogP contribution in [0.4, 0.5) is 5.69 Å². The first kappa shape index (κ1) is 27.6. The van der Waals surface area contributed by atoms with Crippen molar-refractivity contribution >= 4 is 48.3 Å². The summed E-state index contributed by atoms with van der Waals surface area (Å²) in [4.78, 5) is 38.8. The van der Waals surface area contributed by atoms with E-state index in [0.29, 0.717) is 24.1 Å². The number of rotatable bonds is 8. The Bertz CT molecular complexity index is 1300. The number of nitrogens with one attached hydrogen (secondary N) is 1. The number of alkyl halides is 1. The van der Waals surface area contributed by atoms with Gasteiger partial charge in [-0.15, -0.1) is 20.7 Å². The minimum atomic E-state index is -0.461. The molecular weight excluding hydrogens is 615 g/mol. The van der Waals surface area contributed by atoms with E-state index in [1.54, 1.807) is 31.4 Å². The van der Waals surface area contributed by atoms with Gasteiger partial charge in [0.25, 0.3) is 0 Å². The first-order valence-corrected chi connectivity index (χ1v) is 15.4. The molecule has 3 heterocycles. The van der Waals surface area contributed by atoms with E-state index in [-0.39, 0.29) is 40.3 Å². The lowest BCUT2D eigenvalue weighted by molar-refractivity contribution is -0.146. The average molecular weight is 648 g/mol. The molecule has 0 bridgehead atoms. The van der Waals surface area contributed by atoms with Gasteiger partial charge in [0.1, 0.15) is 12.2 Å². The van der Waals surface area contributed by atoms with Gasteiger partial charge in [0, 0.05) is 37.1 Å². The van der Waals surface area contributed by atoms with Crippen LogP contribution in [0.2, 0.25) is 0 Å². The molecule has 10 heteroatoms. The molecule has 2 aromatic rings. The smallest absolute Gasteiger partial charge is 0.337 e. The van der Waals surface area contributed by atoms with Crippen molar-refractivity contribution < 1.29 is 33.3 Å². The second-order valence-electron chi connectivity index (χ2n) is 10.1. The van der Waals surface area contributed by atoms with Crippen LogP contribution in [-0.4, -0.2) is 66.8 Å². The van der Waals surface area contributed by atoms with Gasteiger partial charge in [-0.25, -0.2) is 4.79 Å². The van der Waals surface area contributed by atoms with Crippen LogP contribution in [0.1, 0.15) is 53.6 Å². The third-order valence-corrected chi connectivity index (χ3v) is 11.5. The Morgan fingerprint density at radius 1 is 1.13 bits per heavy atom. The van der Waals surface area contributed by atoms with Crippen molar-refractivity contribution in [2.75, 3.05) is 33.1 Å². The number of hydrogen-bond donors (Lipinski definition) is 1. The Hall–Kier alpha value is -2.99. The van der Waals surface area contributed by atoms with E-state index in [9.17, 15) is 14.4 Å². The second kappa shape index (κ2) is 11.6. The molecule has 1 N–H and O–H groups in total. The van der Waals surface area contributed by atoms with Crippen LogP contribution in [0.25, 0.3) is 0 Å². The highest BCUT2D eigenvalue weighted by Crippen LogP contribution is 2.60. The van der Waals surface area contributed by atoms with Crippen molar-refractivity contribution in [2.24, 2.45) is 0 Å². The highest BCUT2D eigenvalue weighted by molar-refractivity contribution is 14.2. The number of carbonyl (C=O) groups is 3. The van der Waals surface area contributed by atoms with Gasteiger partial charge < -0.3 is 29.2 Å². The van der Waals surface area contributed by atoms with Gasteiger partial charge in [-0.05, 0) is 66.3 Å². The molecule has 0 saturated carbocycles. The number of esters is 2. The summed E-state index contributed by atoms with van der Waals surface area (Å²) in [5, 5.41) is 2.78. The van der Waals surface area contributed by atoms with Crippen molar-refractivity contribution in [3.05, 3.63) is 53.1 Å². The first-order chi connectivity index (χ1) is 18.8. The molecule has 0 radical (unpaired) electrons. The minimum absolute atomic E-state index is 0.0289. The van der Waals surface area contributed by atoms with E-state index >= 15 is 0 Å². The maximum Gasteiger partial charge on any atom is 0.337 e. The molecule has 3 atom stereocenters. The van der Waals surface area contributed by atoms with Crippen molar-refractivity contribution in [3.8, 4) is 11.5 Å². The number of nitrogens with zero attached hydrogens (tertiary/aromatic N) is 1. The lowest BCUT2D eigenvalue weighted by Crippen LogP contribution is -2.42. The number of methoxy groups -OCH3 is 2. The molecule has 9 nitrogen and oxygen atoms in total. The van der Waals surface area contributed by atoms with Gasteiger partial charge in [-0.2, -0.15) is 0 Å². The van der Waals surface area contributed by atoms with Crippen LogP contribution in [0.5, 0.6) is 11.5 Å². The molecule has 1 amide bonds. The van der Waals surface area contributed by atoms with Crippen LogP contribution in [-0.2, 0) is 29.0 Å². The maximum absolute atomic E-state index is 12.6. The standard InChI is InChI=1S/C29H33IN2O7/c1-32-14-13-29-23(39-27-22(36-2)12-9-19(17-32)26(27)29)15-21(16-30-29)38-25(34)6-4-5-24(33)31-20-10-7-18(8-11-20)28(35)37-3/h7-12,16,21,23H,4-6,13-15,17H2,1-3H3,(H,31,33)/t21-,23+,29-/m1/s1. The fourth-order valence-corrected chi connectivity index (χ4v) is 9.18. The van der Waals surface area contributed by atoms with E-state index in [4.69, 9.17) is 14.2 Å². The lowest BCUT2D eigenvalue weighted by Gasteiger charge is -2.36. The van der Waals surface area contributed by atoms with Gasteiger partial charge in [0.2, 0.25) is 5.91 Å². The van der Waals surface area contributed by atoms with E-state index < -0.39 is 26.7 Å². The molecule has 3 aliphatic rings. The largest absolute Gasteiger partial charge is 0.493 e. The normalized spacial score (nSPS) is 23.3. The number of ether oxygens (including phenoxy) is 4. The Morgan fingerprint density at radius 2 is 1.92 bits per heavy atom. The van der Waals surface area contributed by atoms with E-state index in [1.807, 2.05) is 6.07 Å². The van der Waals surface area contributed by atoms with E-state index in [0.717, 1.165) is 31.0 Å². The summed E-state index contributed by atoms with van der Waals surface area (Å²) in [6.07, 6.45) is 2.05. The van der Waals surface area contributed by atoms with Gasteiger partial charge in [0.05, 0.1) is 23.2 Å². The molecule has 0 fully saturated rings. The zero-order chi connectivity index (χ0) is 27.6. The molecule has 1 spiro atoms. The van der Waals surface area contributed by atoms with Crippen LogP contribution < -0.4 is 14.8 Å². The predicted molar refractivity (Wildman–Crippen MR) is 155 cm³/mol. The monoisotopic (exact) mass is 648 g/mol. The summed E-state index contributed by atoms with van der Waals surface area (Å²) in [5.74, 6) is 0.685. The fourth-order valence-electron chi connectivity index (χ4n) is 5.46. The van der Waals surface area contributed by atoms with Crippen LogP contribution in [0.15, 0.2) is 36.4 Å². The Kier molecular flexibility index (Phi) is 8.22. The lowest BCUT2D eigenvalue weighted by atomic mass is 9.87. The Labute approximate surface area is 237 Å². The summed E-state index contributed by atoms with van der Waals surface area (Å²) < 4.78 is 24.9. The quantitative estimate of drug-likeness (QED) is 0.259. The molecular formula is C29H33IN2O7. The molecule has 5 rings (SSSR count). The van der Waals surface area contributed by atoms with Crippen molar-refractivity contribution in [1.82, 2.24) is 4.90 Å². The highest BCUT2D eigenvalue weighted by atomic mass is 127. The molecule has 2 aromatic carbocycles. The Morgan fingerprint density at radius 3 is 2.67 bits per heavy atom. The molecule has 0 saturated heterocycles. The van der Waals surface area contributed by atoms with Crippen molar-refractivity contribution in [2.45, 2.75) is 54.3 Å². The minimum Gasteiger partial charge on any atom is -0.493 e. The maximum atomic E-state index is 12.6. The number of hydrogen-bond acceptors (Lipinski definition) is 8. The summed E-state index contributed by atoms with van der Waals surface area (Å²) in [7, 11) is 5.14. The molecule has 0 aromatic heterocycles. The molecule has 208 valence electrons. The van der Waals surface area contributed by atoms with Crippen LogP contribution >= 0.6 is 20.7 Å². The number of carbonyl (C=O) groups excluding carboxylic acids is 3. The Balaban J connectivity index is 1.15. The third-order valence-electron chi connectivity index (χ3n) is 7.41. The van der Waals surface area contributed by atoms with E-state index in [1.165, 1.54) is 18.2 Å². The van der Waals surface area contributed by atoms with Crippen molar-refractivity contribution in [1.29, 1.82) is 0 Å². The molecule has 3 aliphatic heterocycles. The third kappa shape index (κ3) is 5.67. The topological polar surface area (TPSA) is 103 Å². The van der Waals surface area contributed by atoms with E-state index in [2.05, 4.69) is 32.1 Å². The molecule has 39 heavy (non-hydrogen) atoms. The van der Waals surface area contributed by atoms with Gasteiger partial charge in [0.15, 0.2) is 11.5 Å². The first-order valence-electron chi connectivity index (χ1n) is 13.0. The summed E-state index contributed by atoms with van der Waals surface area (Å²) in [6.45, 7) is 1.88. The van der Waals surface area contributed by atoms with Crippen LogP contribution in [0, 0.1) is 0 Å². The number of anilines is 1. The average Bonchev–Trinajstić information content (AvgIpc) is 3.19. The highest BCUT2D eigenvalue weighted by Gasteiger charge is 2.54. The number of benzene rings is 2. The zero-order valence-corrected chi connectivity index (χ0v) is 24.5.